The number of carbonyl (C=O) groups is 4. The average molecular weight is 348 g/mol. The van der Waals surface area contributed by atoms with Crippen LogP contribution in [-0.2, 0) is 14.3 Å². The van der Waals surface area contributed by atoms with Crippen molar-refractivity contribution in [1.29, 1.82) is 0 Å². The molecule has 0 radical (unpaired) electrons. The van der Waals surface area contributed by atoms with E-state index in [2.05, 4.69) is 10.6 Å². The Balaban J connectivity index is 2.39. The molecule has 0 unspecified atom stereocenters. The Morgan fingerprint density at radius 1 is 1.04 bits per heavy atom. The van der Waals surface area contributed by atoms with Crippen molar-refractivity contribution in [1.82, 2.24) is 10.6 Å². The molecule has 0 bridgehead atoms. The topological polar surface area (TPSA) is 102 Å². The highest BCUT2D eigenvalue weighted by Crippen LogP contribution is 2.07. The molecule has 1 rings (SSSR count). The van der Waals surface area contributed by atoms with Crippen LogP contribution < -0.4 is 10.6 Å². The number of hydrogen-bond donors (Lipinski definition) is 2. The van der Waals surface area contributed by atoms with E-state index in [0.29, 0.717) is 5.56 Å². The Hall–Kier alpha value is -2.70. The second-order valence-electron chi connectivity index (χ2n) is 6.61. The van der Waals surface area contributed by atoms with Crippen LogP contribution >= 0.6 is 0 Å². The van der Waals surface area contributed by atoms with Crippen molar-refractivity contribution < 1.29 is 23.9 Å². The number of ketones is 1. The number of carbonyl (C=O) groups excluding carboxylic acids is 4. The number of benzene rings is 1. The number of imide groups is 1. The maximum Gasteiger partial charge on any atom is 0.321 e. The number of ether oxygens (including phenoxy) is 1. The number of urea groups is 1. The van der Waals surface area contributed by atoms with Gasteiger partial charge in [-0.25, -0.2) is 4.79 Å². The molecular weight excluding hydrogens is 324 g/mol. The molecule has 2 N–H and O–H groups in total. The summed E-state index contributed by atoms with van der Waals surface area (Å²) in [7, 11) is 0. The predicted octanol–water partition coefficient (Wildman–Crippen LogP) is 2.21. The zero-order chi connectivity index (χ0) is 19.0. The van der Waals surface area contributed by atoms with Gasteiger partial charge < -0.3 is 10.1 Å². The number of Topliss-reactive ketones (excluding diaryl/α,β-unsaturated/α-hetero) is 1. The lowest BCUT2D eigenvalue weighted by molar-refractivity contribution is -0.154. The van der Waals surface area contributed by atoms with E-state index in [1.54, 1.807) is 51.1 Å². The molecule has 0 aromatic heterocycles. The van der Waals surface area contributed by atoms with Gasteiger partial charge in [-0.2, -0.15) is 0 Å². The third kappa shape index (κ3) is 8.10. The Bertz CT molecular complexity index is 635. The van der Waals surface area contributed by atoms with Crippen LogP contribution in [0.15, 0.2) is 30.3 Å². The smallest absolute Gasteiger partial charge is 0.321 e. The van der Waals surface area contributed by atoms with Gasteiger partial charge in [-0.1, -0.05) is 30.3 Å². The standard InChI is InChI=1S/C18H24N2O5/c1-12(16(23)19-17(24)20-18(2,3)4)25-15(22)11-10-14(21)13-8-6-5-7-9-13/h5-9,12H,10-11H2,1-4H3,(H2,19,20,23,24)/t12-/m1/s1. The van der Waals surface area contributed by atoms with E-state index in [9.17, 15) is 19.2 Å². The molecule has 0 aliphatic rings. The molecule has 0 aliphatic carbocycles. The fraction of sp³-hybridized carbons (Fsp3) is 0.444. The summed E-state index contributed by atoms with van der Waals surface area (Å²) >= 11 is 0. The maximum atomic E-state index is 11.9. The summed E-state index contributed by atoms with van der Waals surface area (Å²) in [4.78, 5) is 47.1. The molecule has 0 saturated carbocycles. The molecule has 7 nitrogen and oxygen atoms in total. The summed E-state index contributed by atoms with van der Waals surface area (Å²) in [6.45, 7) is 6.66. The van der Waals surface area contributed by atoms with Crippen molar-refractivity contribution in [2.75, 3.05) is 0 Å². The van der Waals surface area contributed by atoms with Crippen LogP contribution in [0.5, 0.6) is 0 Å². The van der Waals surface area contributed by atoms with Gasteiger partial charge in [0.05, 0.1) is 6.42 Å². The second-order valence-corrected chi connectivity index (χ2v) is 6.61. The van der Waals surface area contributed by atoms with Gasteiger partial charge in [0.1, 0.15) is 0 Å². The van der Waals surface area contributed by atoms with E-state index >= 15 is 0 Å². The first kappa shape index (κ1) is 20.3. The summed E-state index contributed by atoms with van der Waals surface area (Å²) in [6, 6.07) is 7.93. The Kier molecular flexibility index (Phi) is 7.29. The van der Waals surface area contributed by atoms with Gasteiger partial charge >= 0.3 is 12.0 Å². The molecule has 0 saturated heterocycles. The molecule has 0 spiro atoms. The number of amides is 3. The van der Waals surface area contributed by atoms with Crippen LogP contribution in [0.1, 0.15) is 50.9 Å². The van der Waals surface area contributed by atoms with Crippen LogP contribution in [0, 0.1) is 0 Å². The number of rotatable bonds is 6. The van der Waals surface area contributed by atoms with Gasteiger partial charge in [-0.3, -0.25) is 19.7 Å². The van der Waals surface area contributed by atoms with Crippen LogP contribution in [0.3, 0.4) is 0 Å². The zero-order valence-electron chi connectivity index (χ0n) is 14.9. The summed E-state index contributed by atoms with van der Waals surface area (Å²) in [5, 5.41) is 4.66. The van der Waals surface area contributed by atoms with Crippen LogP contribution in [-0.4, -0.2) is 35.3 Å². The van der Waals surface area contributed by atoms with Gasteiger partial charge in [-0.15, -0.1) is 0 Å². The third-order valence-electron chi connectivity index (χ3n) is 3.05. The quantitative estimate of drug-likeness (QED) is 0.606. The fourth-order valence-electron chi connectivity index (χ4n) is 1.88. The molecule has 7 heteroatoms. The van der Waals surface area contributed by atoms with Crippen molar-refractivity contribution in [3.05, 3.63) is 35.9 Å². The largest absolute Gasteiger partial charge is 0.453 e. The minimum atomic E-state index is -1.13. The molecule has 0 fully saturated rings. The molecule has 0 heterocycles. The highest BCUT2D eigenvalue weighted by Gasteiger charge is 2.22. The van der Waals surface area contributed by atoms with E-state index < -0.39 is 29.6 Å². The van der Waals surface area contributed by atoms with E-state index in [0.717, 1.165) is 0 Å². The highest BCUT2D eigenvalue weighted by atomic mass is 16.5. The first-order valence-corrected chi connectivity index (χ1v) is 7.99. The van der Waals surface area contributed by atoms with Gasteiger partial charge in [0, 0.05) is 17.5 Å². The average Bonchev–Trinajstić information content (AvgIpc) is 2.51. The van der Waals surface area contributed by atoms with Crippen LogP contribution in [0.25, 0.3) is 0 Å². The second kappa shape index (κ2) is 8.96. The van der Waals surface area contributed by atoms with Gasteiger partial charge in [0.15, 0.2) is 11.9 Å². The summed E-state index contributed by atoms with van der Waals surface area (Å²) in [5.74, 6) is -1.59. The number of hydrogen-bond acceptors (Lipinski definition) is 5. The van der Waals surface area contributed by atoms with E-state index in [4.69, 9.17) is 4.74 Å². The van der Waals surface area contributed by atoms with Crippen molar-refractivity contribution in [2.24, 2.45) is 0 Å². The van der Waals surface area contributed by atoms with Gasteiger partial charge in [-0.05, 0) is 27.7 Å². The first-order chi connectivity index (χ1) is 11.6. The third-order valence-corrected chi connectivity index (χ3v) is 3.05. The predicted molar refractivity (Wildman–Crippen MR) is 92.0 cm³/mol. The summed E-state index contributed by atoms with van der Waals surface area (Å²) in [5.41, 5.74) is 0.0159. The molecular formula is C18H24N2O5. The van der Waals surface area contributed by atoms with Gasteiger partial charge in [0.2, 0.25) is 0 Å². The first-order valence-electron chi connectivity index (χ1n) is 7.99. The lowest BCUT2D eigenvalue weighted by atomic mass is 10.1. The Labute approximate surface area is 147 Å². The normalized spacial score (nSPS) is 12.0. The van der Waals surface area contributed by atoms with Crippen molar-refractivity contribution in [3.63, 3.8) is 0 Å². The molecule has 25 heavy (non-hydrogen) atoms. The number of esters is 1. The minimum absolute atomic E-state index is 0.0122. The van der Waals surface area contributed by atoms with Crippen LogP contribution in [0.2, 0.25) is 0 Å². The van der Waals surface area contributed by atoms with E-state index in [1.807, 2.05) is 0 Å². The van der Waals surface area contributed by atoms with E-state index in [1.165, 1.54) is 6.92 Å². The minimum Gasteiger partial charge on any atom is -0.453 e. The molecule has 1 aromatic rings. The number of nitrogens with one attached hydrogen (secondary N) is 2. The SMILES string of the molecule is C[C@@H](OC(=O)CCC(=O)c1ccccc1)C(=O)NC(=O)NC(C)(C)C. The van der Waals surface area contributed by atoms with Crippen molar-refractivity contribution in [2.45, 2.75) is 52.2 Å². The lowest BCUT2D eigenvalue weighted by Crippen LogP contribution is -2.50. The molecule has 1 atom stereocenters. The van der Waals surface area contributed by atoms with Crippen LogP contribution in [0.4, 0.5) is 4.79 Å². The van der Waals surface area contributed by atoms with Gasteiger partial charge in [0.25, 0.3) is 5.91 Å². The summed E-state index contributed by atoms with van der Waals surface area (Å²) in [6.07, 6.45) is -1.29. The summed E-state index contributed by atoms with van der Waals surface area (Å²) < 4.78 is 4.95. The Morgan fingerprint density at radius 2 is 1.64 bits per heavy atom. The fourth-order valence-corrected chi connectivity index (χ4v) is 1.88. The zero-order valence-corrected chi connectivity index (χ0v) is 14.9. The Morgan fingerprint density at radius 3 is 2.20 bits per heavy atom. The molecule has 1 aromatic carbocycles. The van der Waals surface area contributed by atoms with Crippen molar-refractivity contribution >= 4 is 23.7 Å². The maximum absolute atomic E-state index is 11.9. The van der Waals surface area contributed by atoms with E-state index in [-0.39, 0.29) is 18.6 Å². The lowest BCUT2D eigenvalue weighted by Gasteiger charge is -2.21. The molecule has 3 amide bonds. The molecule has 0 aliphatic heterocycles. The monoisotopic (exact) mass is 348 g/mol. The molecule has 136 valence electrons. The highest BCUT2D eigenvalue weighted by molar-refractivity contribution is 5.98. The van der Waals surface area contributed by atoms with Crippen molar-refractivity contribution in [3.8, 4) is 0 Å².